The van der Waals surface area contributed by atoms with E-state index in [9.17, 15) is 12.8 Å². The minimum atomic E-state index is -3.90. The first kappa shape index (κ1) is 17.9. The maximum atomic E-state index is 13.1. The quantitative estimate of drug-likeness (QED) is 0.756. The highest BCUT2D eigenvalue weighted by atomic mass is 32.2. The van der Waals surface area contributed by atoms with Crippen LogP contribution < -0.4 is 4.90 Å². The fraction of sp³-hybridized carbons (Fsp3) is 0.471. The van der Waals surface area contributed by atoms with Crippen LogP contribution in [0.1, 0.15) is 19.7 Å². The molecule has 0 saturated carbocycles. The van der Waals surface area contributed by atoms with Crippen LogP contribution in [0.5, 0.6) is 0 Å². The molecule has 2 aromatic rings. The highest BCUT2D eigenvalue weighted by Gasteiger charge is 2.31. The summed E-state index contributed by atoms with van der Waals surface area (Å²) in [6.07, 6.45) is 0.538. The van der Waals surface area contributed by atoms with Gasteiger partial charge in [0.2, 0.25) is 20.7 Å². The summed E-state index contributed by atoms with van der Waals surface area (Å²) in [5.41, 5.74) is 0. The second-order valence-corrected chi connectivity index (χ2v) is 8.24. The number of rotatable bonds is 5. The van der Waals surface area contributed by atoms with Crippen LogP contribution in [0.15, 0.2) is 38.6 Å². The van der Waals surface area contributed by atoms with Gasteiger partial charge in [0.15, 0.2) is 5.89 Å². The largest absolute Gasteiger partial charge is 0.424 e. The molecule has 0 bridgehead atoms. The third-order valence-electron chi connectivity index (χ3n) is 3.88. The van der Waals surface area contributed by atoms with Crippen molar-refractivity contribution in [3.63, 3.8) is 0 Å². The van der Waals surface area contributed by atoms with Crippen molar-refractivity contribution in [2.45, 2.75) is 30.2 Å². The molecule has 6 nitrogen and oxygen atoms in total. The van der Waals surface area contributed by atoms with Gasteiger partial charge in [-0.2, -0.15) is 4.98 Å². The van der Waals surface area contributed by atoms with Crippen molar-refractivity contribution in [1.82, 2.24) is 4.98 Å². The van der Waals surface area contributed by atoms with E-state index in [1.165, 1.54) is 12.1 Å². The van der Waals surface area contributed by atoms with E-state index in [-0.39, 0.29) is 21.7 Å². The maximum Gasteiger partial charge on any atom is 0.236 e. The lowest BCUT2D eigenvalue weighted by Gasteiger charge is -2.26. The van der Waals surface area contributed by atoms with Crippen LogP contribution in [-0.4, -0.2) is 39.7 Å². The van der Waals surface area contributed by atoms with Gasteiger partial charge in [0.25, 0.3) is 0 Å². The predicted molar refractivity (Wildman–Crippen MR) is 89.9 cm³/mol. The molecule has 1 aliphatic heterocycles. The summed E-state index contributed by atoms with van der Waals surface area (Å²) in [4.78, 5) is 6.09. The number of ether oxygens (including phenoxy) is 1. The standard InChI is InChI=1S/C17H21FN2O4S/c1-12(2)11-15-19-16(17(24-15)20-7-9-23-10-8-20)25(21,22)14-5-3-13(18)4-6-14/h3-6,12H,7-11H2,1-2H3. The number of hydrogen-bond acceptors (Lipinski definition) is 6. The molecule has 0 spiro atoms. The molecule has 1 fully saturated rings. The zero-order valence-corrected chi connectivity index (χ0v) is 15.1. The van der Waals surface area contributed by atoms with Crippen LogP contribution in [0.2, 0.25) is 0 Å². The maximum absolute atomic E-state index is 13.1. The Bertz CT molecular complexity index is 825. The molecule has 0 unspecified atom stereocenters. The molecule has 0 atom stereocenters. The number of aromatic nitrogens is 1. The first-order valence-electron chi connectivity index (χ1n) is 8.21. The van der Waals surface area contributed by atoms with Crippen LogP contribution in [0.25, 0.3) is 0 Å². The Balaban J connectivity index is 2.05. The highest BCUT2D eigenvalue weighted by Crippen LogP contribution is 2.32. The van der Waals surface area contributed by atoms with Gasteiger partial charge in [-0.05, 0) is 30.2 Å². The molecule has 8 heteroatoms. The van der Waals surface area contributed by atoms with Crippen molar-refractivity contribution in [1.29, 1.82) is 0 Å². The van der Waals surface area contributed by atoms with Crippen LogP contribution >= 0.6 is 0 Å². The smallest absolute Gasteiger partial charge is 0.236 e. The second kappa shape index (κ2) is 7.13. The van der Waals surface area contributed by atoms with Gasteiger partial charge in [-0.15, -0.1) is 0 Å². The van der Waals surface area contributed by atoms with Gasteiger partial charge in [0.05, 0.1) is 18.1 Å². The molecule has 1 saturated heterocycles. The van der Waals surface area contributed by atoms with Crippen molar-refractivity contribution < 1.29 is 22.0 Å². The summed E-state index contributed by atoms with van der Waals surface area (Å²) >= 11 is 0. The van der Waals surface area contributed by atoms with Gasteiger partial charge in [-0.25, -0.2) is 12.8 Å². The number of oxazole rings is 1. The van der Waals surface area contributed by atoms with E-state index in [0.29, 0.717) is 38.6 Å². The molecular formula is C17H21FN2O4S. The molecule has 1 aliphatic rings. The second-order valence-electron chi connectivity index (χ2n) is 6.37. The highest BCUT2D eigenvalue weighted by molar-refractivity contribution is 7.91. The van der Waals surface area contributed by atoms with Gasteiger partial charge >= 0.3 is 0 Å². The molecule has 1 aromatic heterocycles. The number of halogens is 1. The van der Waals surface area contributed by atoms with E-state index in [0.717, 1.165) is 12.1 Å². The van der Waals surface area contributed by atoms with E-state index >= 15 is 0 Å². The van der Waals surface area contributed by atoms with Crippen molar-refractivity contribution in [2.24, 2.45) is 5.92 Å². The molecule has 136 valence electrons. The van der Waals surface area contributed by atoms with Gasteiger partial charge in [0, 0.05) is 19.5 Å². The number of anilines is 1. The van der Waals surface area contributed by atoms with E-state index in [4.69, 9.17) is 9.15 Å². The van der Waals surface area contributed by atoms with Crippen molar-refractivity contribution in [3.05, 3.63) is 36.0 Å². The Morgan fingerprint density at radius 1 is 1.20 bits per heavy atom. The predicted octanol–water partition coefficient (Wildman–Crippen LogP) is 2.68. The fourth-order valence-corrected chi connectivity index (χ4v) is 3.98. The lowest BCUT2D eigenvalue weighted by molar-refractivity contribution is 0.120. The number of nitrogens with zero attached hydrogens (tertiary/aromatic N) is 2. The Kier molecular flexibility index (Phi) is 5.10. The van der Waals surface area contributed by atoms with E-state index in [1.54, 1.807) is 0 Å². The van der Waals surface area contributed by atoms with Gasteiger partial charge < -0.3 is 14.1 Å². The van der Waals surface area contributed by atoms with E-state index in [1.807, 2.05) is 18.7 Å². The van der Waals surface area contributed by atoms with Crippen LogP contribution in [0.4, 0.5) is 10.3 Å². The Labute approximate surface area is 146 Å². The number of benzene rings is 1. The summed E-state index contributed by atoms with van der Waals surface area (Å²) < 4.78 is 50.3. The third-order valence-corrected chi connectivity index (χ3v) is 5.55. The summed E-state index contributed by atoms with van der Waals surface area (Å²) in [5.74, 6) is 0.408. The molecule has 1 aromatic carbocycles. The van der Waals surface area contributed by atoms with Crippen molar-refractivity contribution in [3.8, 4) is 0 Å². The average Bonchev–Trinajstić information content (AvgIpc) is 3.00. The minimum Gasteiger partial charge on any atom is -0.424 e. The average molecular weight is 368 g/mol. The van der Waals surface area contributed by atoms with Crippen molar-refractivity contribution in [2.75, 3.05) is 31.2 Å². The first-order chi connectivity index (χ1) is 11.9. The van der Waals surface area contributed by atoms with E-state index in [2.05, 4.69) is 4.98 Å². The zero-order valence-electron chi connectivity index (χ0n) is 14.2. The van der Waals surface area contributed by atoms with Crippen LogP contribution in [0, 0.1) is 11.7 Å². The Hall–Kier alpha value is -1.93. The molecular weight excluding hydrogens is 347 g/mol. The SMILES string of the molecule is CC(C)Cc1nc(S(=O)(=O)c2ccc(F)cc2)c(N2CCOCC2)o1. The van der Waals surface area contributed by atoms with Crippen LogP contribution in [0.3, 0.4) is 0 Å². The van der Waals surface area contributed by atoms with Gasteiger partial charge in [-0.3, -0.25) is 0 Å². The number of sulfone groups is 1. The molecule has 2 heterocycles. The summed E-state index contributed by atoms with van der Waals surface area (Å²) in [6, 6.07) is 4.72. The zero-order chi connectivity index (χ0) is 18.0. The lowest BCUT2D eigenvalue weighted by Crippen LogP contribution is -2.36. The molecule has 0 amide bonds. The summed E-state index contributed by atoms with van der Waals surface area (Å²) in [5, 5.41) is -0.114. The monoisotopic (exact) mass is 368 g/mol. The Morgan fingerprint density at radius 2 is 1.84 bits per heavy atom. The van der Waals surface area contributed by atoms with Gasteiger partial charge in [-0.1, -0.05) is 13.8 Å². The third kappa shape index (κ3) is 3.85. The summed E-state index contributed by atoms with van der Waals surface area (Å²) in [7, 11) is -3.90. The van der Waals surface area contributed by atoms with Gasteiger partial charge in [0.1, 0.15) is 5.82 Å². The lowest BCUT2D eigenvalue weighted by atomic mass is 10.1. The van der Waals surface area contributed by atoms with Crippen molar-refractivity contribution >= 4 is 15.7 Å². The number of morpholine rings is 1. The molecule has 0 N–H and O–H groups in total. The first-order valence-corrected chi connectivity index (χ1v) is 9.69. The Morgan fingerprint density at radius 3 is 2.44 bits per heavy atom. The number of hydrogen-bond donors (Lipinski definition) is 0. The molecule has 25 heavy (non-hydrogen) atoms. The molecule has 3 rings (SSSR count). The minimum absolute atomic E-state index is 0.00666. The van der Waals surface area contributed by atoms with Crippen LogP contribution in [-0.2, 0) is 21.0 Å². The topological polar surface area (TPSA) is 72.6 Å². The molecule has 0 aliphatic carbocycles. The fourth-order valence-electron chi connectivity index (χ4n) is 2.64. The van der Waals surface area contributed by atoms with E-state index < -0.39 is 15.7 Å². The molecule has 0 radical (unpaired) electrons. The normalized spacial score (nSPS) is 15.8. The summed E-state index contributed by atoms with van der Waals surface area (Å²) in [6.45, 7) is 6.07.